The van der Waals surface area contributed by atoms with E-state index in [0.29, 0.717) is 27.9 Å². The van der Waals surface area contributed by atoms with Gasteiger partial charge in [0, 0.05) is 34.3 Å². The monoisotopic (exact) mass is 336 g/mol. The maximum atomic E-state index is 13.4. The summed E-state index contributed by atoms with van der Waals surface area (Å²) in [7, 11) is 0. The molecule has 0 unspecified atom stereocenters. The number of aromatic nitrogens is 4. The molecule has 3 heterocycles. The largest absolute Gasteiger partial charge is 0.360 e. The lowest BCUT2D eigenvalue weighted by atomic mass is 9.87. The molecule has 0 saturated heterocycles. The van der Waals surface area contributed by atoms with Crippen LogP contribution in [0, 0.1) is 11.2 Å². The number of nitrogens with zero attached hydrogens (tertiary/aromatic N) is 2. The van der Waals surface area contributed by atoms with Crippen molar-refractivity contribution in [3.63, 3.8) is 0 Å². The van der Waals surface area contributed by atoms with Crippen molar-refractivity contribution in [1.82, 2.24) is 19.9 Å². The lowest BCUT2D eigenvalue weighted by Gasteiger charge is -2.15. The number of halogens is 1. The lowest BCUT2D eigenvalue weighted by molar-refractivity contribution is 0.0860. The van der Waals surface area contributed by atoms with Gasteiger partial charge < -0.3 is 9.97 Å². The highest BCUT2D eigenvalue weighted by molar-refractivity contribution is 6.08. The van der Waals surface area contributed by atoms with Crippen molar-refractivity contribution in [3.05, 3.63) is 48.2 Å². The number of H-pyrrole nitrogens is 2. The number of carbonyl (C=O) groups is 1. The number of aromatic amines is 2. The van der Waals surface area contributed by atoms with Gasteiger partial charge in [-0.3, -0.25) is 4.79 Å². The molecule has 0 radical (unpaired) electrons. The molecule has 0 bridgehead atoms. The average Bonchev–Trinajstić information content (AvgIpc) is 3.15. The fourth-order valence-electron chi connectivity index (χ4n) is 2.91. The predicted molar refractivity (Wildman–Crippen MR) is 94.9 cm³/mol. The van der Waals surface area contributed by atoms with Crippen LogP contribution in [0.3, 0.4) is 0 Å². The minimum Gasteiger partial charge on any atom is -0.360 e. The van der Waals surface area contributed by atoms with Crippen LogP contribution in [0.5, 0.6) is 0 Å². The van der Waals surface area contributed by atoms with Gasteiger partial charge in [0.05, 0.1) is 17.5 Å². The van der Waals surface area contributed by atoms with Crippen molar-refractivity contribution in [3.8, 4) is 11.3 Å². The first kappa shape index (κ1) is 15.5. The van der Waals surface area contributed by atoms with Crippen molar-refractivity contribution in [2.24, 2.45) is 5.41 Å². The molecule has 4 aromatic rings. The Labute approximate surface area is 143 Å². The van der Waals surface area contributed by atoms with Crippen molar-refractivity contribution < 1.29 is 9.18 Å². The fourth-order valence-corrected chi connectivity index (χ4v) is 2.91. The third kappa shape index (κ3) is 2.50. The first-order valence-electron chi connectivity index (χ1n) is 8.00. The Kier molecular flexibility index (Phi) is 3.25. The van der Waals surface area contributed by atoms with Crippen LogP contribution in [0.25, 0.3) is 33.3 Å². The minimum atomic E-state index is -0.509. The van der Waals surface area contributed by atoms with Crippen LogP contribution in [-0.2, 0) is 0 Å². The third-order valence-corrected chi connectivity index (χ3v) is 4.23. The van der Waals surface area contributed by atoms with Crippen LogP contribution in [0.1, 0.15) is 31.1 Å². The minimum absolute atomic E-state index is 0.00574. The van der Waals surface area contributed by atoms with Crippen LogP contribution in [-0.4, -0.2) is 25.7 Å². The smallest absolute Gasteiger partial charge is 0.171 e. The summed E-state index contributed by atoms with van der Waals surface area (Å²) in [4.78, 5) is 27.8. The molecule has 4 rings (SSSR count). The normalized spacial score (nSPS) is 12.2. The maximum Gasteiger partial charge on any atom is 0.171 e. The van der Waals surface area contributed by atoms with Gasteiger partial charge in [-0.05, 0) is 18.2 Å². The van der Waals surface area contributed by atoms with E-state index in [9.17, 15) is 9.18 Å². The van der Waals surface area contributed by atoms with Gasteiger partial charge in [0.1, 0.15) is 11.3 Å². The first-order valence-corrected chi connectivity index (χ1v) is 8.00. The van der Waals surface area contributed by atoms with Crippen LogP contribution in [0.15, 0.2) is 36.8 Å². The zero-order chi connectivity index (χ0) is 17.8. The molecule has 0 atom stereocenters. The molecule has 2 N–H and O–H groups in total. The highest BCUT2D eigenvalue weighted by atomic mass is 19.1. The number of hydrogen-bond donors (Lipinski definition) is 2. The number of carbonyl (C=O) groups excluding carboxylic acids is 1. The Morgan fingerprint density at radius 1 is 1.16 bits per heavy atom. The zero-order valence-corrected chi connectivity index (χ0v) is 14.1. The number of nitrogens with one attached hydrogen (secondary N) is 2. The topological polar surface area (TPSA) is 74.4 Å². The Bertz CT molecular complexity index is 1120. The van der Waals surface area contributed by atoms with Crippen molar-refractivity contribution in [2.75, 3.05) is 0 Å². The summed E-state index contributed by atoms with van der Waals surface area (Å²) < 4.78 is 13.4. The van der Waals surface area contributed by atoms with Gasteiger partial charge in [-0.1, -0.05) is 20.8 Å². The van der Waals surface area contributed by atoms with Gasteiger partial charge in [-0.2, -0.15) is 0 Å². The molecule has 1 aromatic carbocycles. The Morgan fingerprint density at radius 3 is 2.72 bits per heavy atom. The summed E-state index contributed by atoms with van der Waals surface area (Å²) in [5.74, 6) is -0.294. The van der Waals surface area contributed by atoms with Gasteiger partial charge in [-0.25, -0.2) is 14.4 Å². The van der Waals surface area contributed by atoms with E-state index in [0.717, 1.165) is 10.9 Å². The summed E-state index contributed by atoms with van der Waals surface area (Å²) >= 11 is 0. The molecular weight excluding hydrogens is 319 g/mol. The number of benzene rings is 1. The van der Waals surface area contributed by atoms with Crippen molar-refractivity contribution in [1.29, 1.82) is 0 Å². The second-order valence-electron chi connectivity index (χ2n) is 7.13. The van der Waals surface area contributed by atoms with Gasteiger partial charge in [0.25, 0.3) is 0 Å². The van der Waals surface area contributed by atoms with Gasteiger partial charge in [0.2, 0.25) is 0 Å². The molecule has 0 fully saturated rings. The van der Waals surface area contributed by atoms with Crippen molar-refractivity contribution in [2.45, 2.75) is 20.8 Å². The summed E-state index contributed by atoms with van der Waals surface area (Å²) in [5.41, 5.74) is 3.29. The number of Topliss-reactive ketones (excluding diaryl/α,β-unsaturated/α-hetero) is 1. The maximum absolute atomic E-state index is 13.4. The summed E-state index contributed by atoms with van der Waals surface area (Å²) in [6.07, 6.45) is 5.08. The van der Waals surface area contributed by atoms with Crippen LogP contribution in [0.2, 0.25) is 0 Å². The molecule has 126 valence electrons. The first-order chi connectivity index (χ1) is 11.8. The van der Waals surface area contributed by atoms with E-state index in [-0.39, 0.29) is 11.6 Å². The number of rotatable bonds is 2. The zero-order valence-electron chi connectivity index (χ0n) is 14.1. The van der Waals surface area contributed by atoms with Crippen LogP contribution >= 0.6 is 0 Å². The van der Waals surface area contributed by atoms with E-state index < -0.39 is 5.41 Å². The number of hydrogen-bond acceptors (Lipinski definition) is 3. The van der Waals surface area contributed by atoms with E-state index in [1.807, 2.05) is 20.8 Å². The Morgan fingerprint density at radius 2 is 1.96 bits per heavy atom. The van der Waals surface area contributed by atoms with E-state index >= 15 is 0 Å². The second kappa shape index (κ2) is 5.24. The molecule has 0 aliphatic rings. The van der Waals surface area contributed by atoms with E-state index in [1.54, 1.807) is 24.7 Å². The molecule has 3 aromatic heterocycles. The molecule has 5 nitrogen and oxygen atoms in total. The summed E-state index contributed by atoms with van der Waals surface area (Å²) in [6.45, 7) is 5.62. The molecule has 6 heteroatoms. The van der Waals surface area contributed by atoms with Gasteiger partial charge in [-0.15, -0.1) is 0 Å². The molecule has 0 saturated carbocycles. The predicted octanol–water partition coefficient (Wildman–Crippen LogP) is 4.47. The summed E-state index contributed by atoms with van der Waals surface area (Å²) in [6, 6.07) is 4.56. The molecular formula is C19H17FN4O. The molecule has 0 aliphatic heterocycles. The molecule has 0 spiro atoms. The number of ketones is 1. The standard InChI is InChI=1S/C19H17FN4O/c1-19(2,3)17(25)13-8-22-18-16(13)24-15(9-23-18)12-7-21-14-6-10(20)4-5-11(12)14/h4-9,21H,1-3H3,(H,22,23). The fraction of sp³-hybridized carbons (Fsp3) is 0.211. The SMILES string of the molecule is CC(C)(C)C(=O)c1c[nH]c2ncc(-c3c[nH]c4cc(F)ccc34)nc12. The highest BCUT2D eigenvalue weighted by Gasteiger charge is 2.26. The van der Waals surface area contributed by atoms with Crippen LogP contribution in [0.4, 0.5) is 4.39 Å². The average molecular weight is 336 g/mol. The number of fused-ring (bicyclic) bond motifs is 2. The van der Waals surface area contributed by atoms with E-state index in [2.05, 4.69) is 19.9 Å². The Balaban J connectivity index is 1.90. The quantitative estimate of drug-likeness (QED) is 0.530. The molecule has 0 amide bonds. The third-order valence-electron chi connectivity index (χ3n) is 4.23. The Hall–Kier alpha value is -3.02. The summed E-state index contributed by atoms with van der Waals surface area (Å²) in [5, 5.41) is 0.856. The molecule has 25 heavy (non-hydrogen) atoms. The van der Waals surface area contributed by atoms with E-state index in [1.165, 1.54) is 12.1 Å². The van der Waals surface area contributed by atoms with Crippen molar-refractivity contribution >= 4 is 27.9 Å². The van der Waals surface area contributed by atoms with Crippen LogP contribution < -0.4 is 0 Å². The second-order valence-corrected chi connectivity index (χ2v) is 7.13. The highest BCUT2D eigenvalue weighted by Crippen LogP contribution is 2.30. The van der Waals surface area contributed by atoms with Gasteiger partial charge in [0.15, 0.2) is 11.4 Å². The van der Waals surface area contributed by atoms with Gasteiger partial charge >= 0.3 is 0 Å². The molecule has 0 aliphatic carbocycles. The van der Waals surface area contributed by atoms with E-state index in [4.69, 9.17) is 0 Å². The lowest BCUT2D eigenvalue weighted by Crippen LogP contribution is -2.20.